The monoisotopic (exact) mass is 426 g/mol. The number of rotatable bonds is 8. The molecular formula is C19H21F3N4O4. The van der Waals surface area contributed by atoms with E-state index in [0.29, 0.717) is 17.8 Å². The van der Waals surface area contributed by atoms with Gasteiger partial charge in [0.2, 0.25) is 11.8 Å². The second-order valence-corrected chi connectivity index (χ2v) is 6.15. The lowest BCUT2D eigenvalue weighted by Crippen LogP contribution is -2.26. The van der Waals surface area contributed by atoms with Crippen LogP contribution in [0.3, 0.4) is 0 Å². The van der Waals surface area contributed by atoms with Gasteiger partial charge in [0.1, 0.15) is 5.69 Å². The first-order chi connectivity index (χ1) is 14.1. The number of carbonyl (C=O) groups is 2. The Hall–Kier alpha value is -3.37. The van der Waals surface area contributed by atoms with Crippen LogP contribution in [0.5, 0.6) is 11.8 Å². The van der Waals surface area contributed by atoms with Gasteiger partial charge in [0.15, 0.2) is 6.61 Å². The van der Waals surface area contributed by atoms with Crippen molar-refractivity contribution in [2.24, 2.45) is 0 Å². The van der Waals surface area contributed by atoms with Crippen LogP contribution in [-0.2, 0) is 6.54 Å². The molecule has 0 aliphatic heterocycles. The highest BCUT2D eigenvalue weighted by Crippen LogP contribution is 2.22. The number of ether oxygens (including phenoxy) is 2. The van der Waals surface area contributed by atoms with Crippen LogP contribution in [0, 0.1) is 6.92 Å². The van der Waals surface area contributed by atoms with Gasteiger partial charge in [-0.05, 0) is 32.0 Å². The molecule has 162 valence electrons. The number of hydrogen-bond acceptors (Lipinski definition) is 6. The van der Waals surface area contributed by atoms with Gasteiger partial charge in [0.05, 0.1) is 7.11 Å². The number of alkyl halides is 3. The minimum atomic E-state index is -4.49. The third-order valence-corrected chi connectivity index (χ3v) is 3.72. The van der Waals surface area contributed by atoms with E-state index in [4.69, 9.17) is 4.74 Å². The average Bonchev–Trinajstić information content (AvgIpc) is 2.69. The van der Waals surface area contributed by atoms with Crippen molar-refractivity contribution in [1.29, 1.82) is 0 Å². The third-order valence-electron chi connectivity index (χ3n) is 3.72. The van der Waals surface area contributed by atoms with Crippen LogP contribution >= 0.6 is 0 Å². The molecule has 0 unspecified atom stereocenters. The van der Waals surface area contributed by atoms with Gasteiger partial charge in [0, 0.05) is 36.0 Å². The number of pyridine rings is 2. The van der Waals surface area contributed by atoms with E-state index in [0.717, 1.165) is 0 Å². The average molecular weight is 426 g/mol. The second kappa shape index (κ2) is 9.90. The topological polar surface area (TPSA) is 102 Å². The summed E-state index contributed by atoms with van der Waals surface area (Å²) in [5.74, 6) is -1.10. The quantitative estimate of drug-likeness (QED) is 0.672. The Morgan fingerprint density at radius 2 is 1.83 bits per heavy atom. The number of amides is 2. The van der Waals surface area contributed by atoms with Gasteiger partial charge in [-0.25, -0.2) is 4.98 Å². The van der Waals surface area contributed by atoms with Gasteiger partial charge in [-0.2, -0.15) is 18.2 Å². The Morgan fingerprint density at radius 1 is 1.10 bits per heavy atom. The maximum absolute atomic E-state index is 12.5. The van der Waals surface area contributed by atoms with Gasteiger partial charge in [-0.3, -0.25) is 9.59 Å². The Morgan fingerprint density at radius 3 is 2.47 bits per heavy atom. The molecule has 0 saturated carbocycles. The Balaban J connectivity index is 2.09. The zero-order valence-electron chi connectivity index (χ0n) is 16.6. The van der Waals surface area contributed by atoms with Gasteiger partial charge in [-0.1, -0.05) is 0 Å². The third kappa shape index (κ3) is 6.61. The summed E-state index contributed by atoms with van der Waals surface area (Å²) in [6.45, 7) is 2.36. The number of halogens is 3. The van der Waals surface area contributed by atoms with Crippen LogP contribution in [0.15, 0.2) is 24.3 Å². The molecule has 0 aliphatic carbocycles. The number of aromatic nitrogens is 2. The molecule has 2 rings (SSSR count). The predicted octanol–water partition coefficient (Wildman–Crippen LogP) is 2.41. The molecule has 2 aromatic rings. The van der Waals surface area contributed by atoms with E-state index in [2.05, 4.69) is 25.3 Å². The van der Waals surface area contributed by atoms with E-state index in [9.17, 15) is 22.8 Å². The first-order valence-corrected chi connectivity index (χ1v) is 8.91. The van der Waals surface area contributed by atoms with Crippen molar-refractivity contribution in [1.82, 2.24) is 20.6 Å². The molecule has 8 nitrogen and oxygen atoms in total. The number of carbonyl (C=O) groups excluding carboxylic acids is 2. The molecule has 0 atom stereocenters. The van der Waals surface area contributed by atoms with Crippen LogP contribution in [-0.4, -0.2) is 48.2 Å². The molecule has 0 bridgehead atoms. The Kier molecular flexibility index (Phi) is 7.56. The molecule has 0 saturated heterocycles. The highest BCUT2D eigenvalue weighted by atomic mass is 19.4. The molecule has 2 heterocycles. The summed E-state index contributed by atoms with van der Waals surface area (Å²) >= 11 is 0. The molecule has 2 N–H and O–H groups in total. The summed E-state index contributed by atoms with van der Waals surface area (Å²) < 4.78 is 46.4. The fraction of sp³-hybridized carbons (Fsp3) is 0.368. The molecule has 2 aromatic heterocycles. The van der Waals surface area contributed by atoms with Crippen molar-refractivity contribution in [3.63, 3.8) is 0 Å². The molecule has 0 radical (unpaired) electrons. The zero-order valence-corrected chi connectivity index (χ0v) is 16.6. The Bertz CT molecular complexity index is 919. The van der Waals surface area contributed by atoms with Crippen LogP contribution in [0.1, 0.15) is 39.0 Å². The van der Waals surface area contributed by atoms with Gasteiger partial charge < -0.3 is 20.1 Å². The van der Waals surface area contributed by atoms with E-state index in [1.807, 2.05) is 0 Å². The molecule has 30 heavy (non-hydrogen) atoms. The van der Waals surface area contributed by atoms with Crippen LogP contribution in [0.4, 0.5) is 13.2 Å². The van der Waals surface area contributed by atoms with Crippen LogP contribution in [0.2, 0.25) is 0 Å². The van der Waals surface area contributed by atoms with Crippen LogP contribution < -0.4 is 20.1 Å². The normalized spacial score (nSPS) is 11.0. The molecule has 2 amide bonds. The summed E-state index contributed by atoms with van der Waals surface area (Å²) in [5.41, 5.74) is 1.28. The van der Waals surface area contributed by atoms with Crippen LogP contribution in [0.25, 0.3) is 0 Å². The lowest BCUT2D eigenvalue weighted by Gasteiger charge is -2.13. The standard InChI is InChI=1S/C19H21F3N4O4/c1-4-23-17(28)14-8-13(7-11(2)25-14)16(27)24-9-12-5-6-15(26-18(12)29-3)30-10-19(20,21)22/h5-8H,4,9-10H2,1-3H3,(H,23,28)(H,24,27). The first kappa shape index (κ1) is 22.9. The van der Waals surface area contributed by atoms with E-state index < -0.39 is 24.6 Å². The first-order valence-electron chi connectivity index (χ1n) is 8.91. The van der Waals surface area contributed by atoms with E-state index in [-0.39, 0.29) is 29.6 Å². The molecular weight excluding hydrogens is 405 g/mol. The minimum absolute atomic E-state index is 0.00752. The SMILES string of the molecule is CCNC(=O)c1cc(C(=O)NCc2ccc(OCC(F)(F)F)nc2OC)cc(C)n1. The van der Waals surface area contributed by atoms with Crippen molar-refractivity contribution in [3.8, 4) is 11.8 Å². The minimum Gasteiger partial charge on any atom is -0.481 e. The summed E-state index contributed by atoms with van der Waals surface area (Å²) in [4.78, 5) is 32.4. The summed E-state index contributed by atoms with van der Waals surface area (Å²) in [6, 6.07) is 5.59. The Labute approximate surface area is 170 Å². The predicted molar refractivity (Wildman–Crippen MR) is 100 cm³/mol. The van der Waals surface area contributed by atoms with E-state index in [1.54, 1.807) is 13.8 Å². The fourth-order valence-corrected chi connectivity index (χ4v) is 2.44. The lowest BCUT2D eigenvalue weighted by atomic mass is 10.1. The summed E-state index contributed by atoms with van der Waals surface area (Å²) in [6.07, 6.45) is -4.49. The van der Waals surface area contributed by atoms with Crippen molar-refractivity contribution in [2.75, 3.05) is 20.3 Å². The number of aryl methyl sites for hydroxylation is 1. The van der Waals surface area contributed by atoms with Crippen molar-refractivity contribution >= 4 is 11.8 Å². The number of methoxy groups -OCH3 is 1. The summed E-state index contributed by atoms with van der Waals surface area (Å²) in [5, 5.41) is 5.26. The number of nitrogens with zero attached hydrogens (tertiary/aromatic N) is 2. The zero-order chi connectivity index (χ0) is 22.3. The maximum Gasteiger partial charge on any atom is 0.422 e. The van der Waals surface area contributed by atoms with E-state index in [1.165, 1.54) is 31.4 Å². The van der Waals surface area contributed by atoms with Crippen molar-refractivity contribution < 1.29 is 32.2 Å². The molecule has 11 heteroatoms. The van der Waals surface area contributed by atoms with E-state index >= 15 is 0 Å². The fourth-order valence-electron chi connectivity index (χ4n) is 2.44. The lowest BCUT2D eigenvalue weighted by molar-refractivity contribution is -0.154. The highest BCUT2D eigenvalue weighted by Gasteiger charge is 2.28. The second-order valence-electron chi connectivity index (χ2n) is 6.15. The summed E-state index contributed by atoms with van der Waals surface area (Å²) in [7, 11) is 1.30. The van der Waals surface area contributed by atoms with Gasteiger partial charge in [-0.15, -0.1) is 0 Å². The highest BCUT2D eigenvalue weighted by molar-refractivity contribution is 5.98. The smallest absolute Gasteiger partial charge is 0.422 e. The van der Waals surface area contributed by atoms with Gasteiger partial charge in [0.25, 0.3) is 11.8 Å². The largest absolute Gasteiger partial charge is 0.481 e. The maximum atomic E-state index is 12.5. The molecule has 0 spiro atoms. The molecule has 0 aliphatic rings. The van der Waals surface area contributed by atoms with Crippen molar-refractivity contribution in [3.05, 3.63) is 46.8 Å². The van der Waals surface area contributed by atoms with Gasteiger partial charge >= 0.3 is 6.18 Å². The number of nitrogens with one attached hydrogen (secondary N) is 2. The molecule has 0 fully saturated rings. The molecule has 0 aromatic carbocycles. The number of hydrogen-bond donors (Lipinski definition) is 2. The van der Waals surface area contributed by atoms with Crippen molar-refractivity contribution in [2.45, 2.75) is 26.6 Å².